The highest BCUT2D eigenvalue weighted by molar-refractivity contribution is 5.80. The van der Waals surface area contributed by atoms with E-state index in [9.17, 15) is 23.7 Å². The van der Waals surface area contributed by atoms with Crippen LogP contribution >= 0.6 is 0 Å². The molecule has 0 radical (unpaired) electrons. The van der Waals surface area contributed by atoms with Crippen molar-refractivity contribution >= 4 is 17.3 Å². The summed E-state index contributed by atoms with van der Waals surface area (Å²) in [6, 6.07) is 11.5. The summed E-state index contributed by atoms with van der Waals surface area (Å²) in [5.41, 5.74) is 1.42. The summed E-state index contributed by atoms with van der Waals surface area (Å²) in [5, 5.41) is 11.4. The van der Waals surface area contributed by atoms with Gasteiger partial charge in [0.15, 0.2) is 11.5 Å². The largest absolute Gasteiger partial charge is 0.493 e. The van der Waals surface area contributed by atoms with Gasteiger partial charge in [-0.05, 0) is 49.4 Å². The third kappa shape index (κ3) is 5.37. The molecule has 1 aliphatic heterocycles. The van der Waals surface area contributed by atoms with Crippen LogP contribution in [-0.2, 0) is 11.3 Å². The minimum absolute atomic E-state index is 0.0482. The molecule has 8 nitrogen and oxygen atoms in total. The number of carbonyl (C=O) groups excluding carboxylic acids is 1. The van der Waals surface area contributed by atoms with Crippen molar-refractivity contribution in [3.05, 3.63) is 58.1 Å². The number of halogens is 2. The molecule has 4 rings (SSSR count). The summed E-state index contributed by atoms with van der Waals surface area (Å²) in [7, 11) is 1.38. The Balaban J connectivity index is 1.42. The Morgan fingerprint density at radius 1 is 1.15 bits per heavy atom. The first kappa shape index (κ1) is 23.7. The van der Waals surface area contributed by atoms with Crippen LogP contribution in [0.4, 0.5) is 20.2 Å². The van der Waals surface area contributed by atoms with Gasteiger partial charge in [0.2, 0.25) is 5.91 Å². The Hall–Kier alpha value is -3.43. The molecule has 182 valence electrons. The van der Waals surface area contributed by atoms with Gasteiger partial charge < -0.3 is 19.3 Å². The van der Waals surface area contributed by atoms with Gasteiger partial charge in [-0.15, -0.1) is 0 Å². The third-order valence-electron chi connectivity index (χ3n) is 6.33. The minimum Gasteiger partial charge on any atom is -0.493 e. The number of alkyl halides is 2. The molecule has 2 fully saturated rings. The Labute approximate surface area is 196 Å². The average molecular weight is 475 g/mol. The van der Waals surface area contributed by atoms with Crippen LogP contribution in [0.2, 0.25) is 0 Å². The molecule has 0 unspecified atom stereocenters. The molecule has 2 aromatic rings. The number of nitrogens with zero attached hydrogens (tertiary/aromatic N) is 3. The standard InChI is InChI=1S/C24H27F2N3O5/c1-33-22-14-16(6-9-21(22)34-24(25)26)15-28(18-7-8-18)23(30)17-10-12-27(13-11-17)19-4-2-3-5-20(19)29(31)32/h2-6,9,14,17-18,24H,7-8,10-13,15H2,1H3. The van der Waals surface area contributed by atoms with Crippen molar-refractivity contribution in [2.24, 2.45) is 5.92 Å². The second kappa shape index (κ2) is 10.2. The lowest BCUT2D eigenvalue weighted by molar-refractivity contribution is -0.384. The molecule has 34 heavy (non-hydrogen) atoms. The lowest BCUT2D eigenvalue weighted by Crippen LogP contribution is -2.43. The minimum atomic E-state index is -2.95. The van der Waals surface area contributed by atoms with E-state index in [1.54, 1.807) is 30.3 Å². The van der Waals surface area contributed by atoms with Crippen molar-refractivity contribution in [2.75, 3.05) is 25.1 Å². The molecule has 0 atom stereocenters. The normalized spacial score (nSPS) is 16.4. The average Bonchev–Trinajstić information content (AvgIpc) is 3.68. The highest BCUT2D eigenvalue weighted by Gasteiger charge is 2.37. The van der Waals surface area contributed by atoms with Gasteiger partial charge in [-0.25, -0.2) is 0 Å². The van der Waals surface area contributed by atoms with Gasteiger partial charge in [0.05, 0.1) is 12.0 Å². The molecule has 1 amide bonds. The topological polar surface area (TPSA) is 85.2 Å². The Kier molecular flexibility index (Phi) is 7.14. The molecular formula is C24H27F2N3O5. The zero-order valence-electron chi connectivity index (χ0n) is 18.9. The van der Waals surface area contributed by atoms with E-state index < -0.39 is 6.61 Å². The molecule has 0 N–H and O–H groups in total. The van der Waals surface area contributed by atoms with Crippen LogP contribution in [0.5, 0.6) is 11.5 Å². The highest BCUT2D eigenvalue weighted by atomic mass is 19.3. The van der Waals surface area contributed by atoms with Crippen molar-refractivity contribution in [2.45, 2.75) is 44.9 Å². The molecule has 10 heteroatoms. The highest BCUT2D eigenvalue weighted by Crippen LogP contribution is 2.36. The van der Waals surface area contributed by atoms with Crippen molar-refractivity contribution in [1.29, 1.82) is 0 Å². The molecule has 2 aromatic carbocycles. The van der Waals surface area contributed by atoms with E-state index in [1.165, 1.54) is 19.2 Å². The number of nitro groups is 1. The Morgan fingerprint density at radius 2 is 1.85 bits per heavy atom. The van der Waals surface area contributed by atoms with Crippen molar-refractivity contribution in [3.8, 4) is 11.5 Å². The number of methoxy groups -OCH3 is 1. The maximum absolute atomic E-state index is 13.4. The second-order valence-corrected chi connectivity index (χ2v) is 8.57. The monoisotopic (exact) mass is 475 g/mol. The molecule has 0 spiro atoms. The van der Waals surface area contributed by atoms with Crippen LogP contribution < -0.4 is 14.4 Å². The number of amides is 1. The fourth-order valence-electron chi connectivity index (χ4n) is 4.46. The van der Waals surface area contributed by atoms with E-state index in [2.05, 4.69) is 4.74 Å². The SMILES string of the molecule is COc1cc(CN(C(=O)C2CCN(c3ccccc3[N+](=O)[O-])CC2)C2CC2)ccc1OC(F)F. The quantitative estimate of drug-likeness (QED) is 0.389. The van der Waals surface area contributed by atoms with Crippen LogP contribution in [0.3, 0.4) is 0 Å². The zero-order chi connectivity index (χ0) is 24.2. The molecule has 1 heterocycles. The molecule has 1 aliphatic carbocycles. The first-order valence-corrected chi connectivity index (χ1v) is 11.3. The predicted octanol–water partition coefficient (Wildman–Crippen LogP) is 4.61. The fourth-order valence-corrected chi connectivity index (χ4v) is 4.46. The molecule has 0 bridgehead atoms. The number of hydrogen-bond donors (Lipinski definition) is 0. The van der Waals surface area contributed by atoms with Gasteiger partial charge in [0.25, 0.3) is 5.69 Å². The first-order valence-electron chi connectivity index (χ1n) is 11.3. The van der Waals surface area contributed by atoms with Crippen molar-refractivity contribution in [1.82, 2.24) is 4.90 Å². The van der Waals surface area contributed by atoms with Gasteiger partial charge in [-0.1, -0.05) is 18.2 Å². The van der Waals surface area contributed by atoms with E-state index in [0.29, 0.717) is 38.2 Å². The summed E-state index contributed by atoms with van der Waals surface area (Å²) in [6.45, 7) is -1.47. The van der Waals surface area contributed by atoms with E-state index in [4.69, 9.17) is 4.74 Å². The number of piperidine rings is 1. The number of nitro benzene ring substituents is 1. The van der Waals surface area contributed by atoms with Gasteiger partial charge >= 0.3 is 6.61 Å². The number of rotatable bonds is 9. The third-order valence-corrected chi connectivity index (χ3v) is 6.33. The maximum Gasteiger partial charge on any atom is 0.387 e. The van der Waals surface area contributed by atoms with Crippen LogP contribution in [0.25, 0.3) is 0 Å². The fraction of sp³-hybridized carbons (Fsp3) is 0.458. The smallest absolute Gasteiger partial charge is 0.387 e. The van der Waals surface area contributed by atoms with Crippen LogP contribution in [0.1, 0.15) is 31.2 Å². The van der Waals surface area contributed by atoms with E-state index in [-0.39, 0.29) is 40.0 Å². The first-order chi connectivity index (χ1) is 16.4. The lowest BCUT2D eigenvalue weighted by Gasteiger charge is -2.35. The number of hydrogen-bond acceptors (Lipinski definition) is 6. The number of para-hydroxylation sites is 2. The van der Waals surface area contributed by atoms with E-state index >= 15 is 0 Å². The van der Waals surface area contributed by atoms with Crippen molar-refractivity contribution in [3.63, 3.8) is 0 Å². The summed E-state index contributed by atoms with van der Waals surface area (Å²) in [5.74, 6) is 0.0474. The molecule has 1 saturated heterocycles. The molecular weight excluding hydrogens is 448 g/mol. The van der Waals surface area contributed by atoms with Crippen LogP contribution in [0.15, 0.2) is 42.5 Å². The van der Waals surface area contributed by atoms with Gasteiger partial charge in [-0.3, -0.25) is 14.9 Å². The molecule has 2 aliphatic rings. The summed E-state index contributed by atoms with van der Waals surface area (Å²) in [4.78, 5) is 28.2. The van der Waals surface area contributed by atoms with Crippen molar-refractivity contribution < 1.29 is 28.0 Å². The zero-order valence-corrected chi connectivity index (χ0v) is 18.9. The van der Waals surface area contributed by atoms with Gasteiger partial charge in [0, 0.05) is 37.7 Å². The van der Waals surface area contributed by atoms with Crippen LogP contribution in [-0.4, -0.2) is 48.6 Å². The maximum atomic E-state index is 13.4. The van der Waals surface area contributed by atoms with E-state index in [1.807, 2.05) is 9.80 Å². The Morgan fingerprint density at radius 3 is 2.47 bits per heavy atom. The number of benzene rings is 2. The lowest BCUT2D eigenvalue weighted by atomic mass is 9.94. The molecule has 1 saturated carbocycles. The second-order valence-electron chi connectivity index (χ2n) is 8.57. The summed E-state index contributed by atoms with van der Waals surface area (Å²) in [6.07, 6.45) is 3.09. The van der Waals surface area contributed by atoms with E-state index in [0.717, 1.165) is 18.4 Å². The van der Waals surface area contributed by atoms with Gasteiger partial charge in [-0.2, -0.15) is 8.78 Å². The number of anilines is 1. The Bertz CT molecular complexity index is 1040. The van der Waals surface area contributed by atoms with Gasteiger partial charge in [0.1, 0.15) is 5.69 Å². The molecule has 0 aromatic heterocycles. The summed E-state index contributed by atoms with van der Waals surface area (Å²) < 4.78 is 34.9. The predicted molar refractivity (Wildman–Crippen MR) is 121 cm³/mol. The summed E-state index contributed by atoms with van der Waals surface area (Å²) >= 11 is 0. The van der Waals surface area contributed by atoms with Crippen LogP contribution in [0, 0.1) is 16.0 Å². The number of ether oxygens (including phenoxy) is 2. The number of carbonyl (C=O) groups is 1.